The van der Waals surface area contributed by atoms with E-state index in [0.717, 1.165) is 6.07 Å². The lowest BCUT2D eigenvalue weighted by atomic mass is 10.0. The van der Waals surface area contributed by atoms with E-state index in [0.29, 0.717) is 12.8 Å². The highest BCUT2D eigenvalue weighted by atomic mass is 19.1. The molecule has 1 heterocycles. The van der Waals surface area contributed by atoms with Gasteiger partial charge in [-0.25, -0.2) is 8.78 Å². The van der Waals surface area contributed by atoms with Crippen LogP contribution in [-0.2, 0) is 5.60 Å². The number of fused-ring (bicyclic) bond motifs is 1. The van der Waals surface area contributed by atoms with Gasteiger partial charge in [-0.3, -0.25) is 0 Å². The van der Waals surface area contributed by atoms with Crippen LogP contribution in [0.1, 0.15) is 18.4 Å². The average Bonchev–Trinajstić information content (AvgIpc) is 2.74. The standard InChI is InChI=1S/C11H8F2O2/c12-7-5-8(13)9(11(14)2-3-11)10-6(7)1-4-15-10/h1,4-5,14H,2-3H2. The first-order valence-corrected chi connectivity index (χ1v) is 4.70. The van der Waals surface area contributed by atoms with Crippen LogP contribution in [0.3, 0.4) is 0 Å². The molecule has 1 saturated carbocycles. The minimum atomic E-state index is -1.16. The van der Waals surface area contributed by atoms with Crippen LogP contribution >= 0.6 is 0 Å². The number of aliphatic hydroxyl groups is 1. The Balaban J connectivity index is 2.41. The van der Waals surface area contributed by atoms with Gasteiger partial charge in [0.15, 0.2) is 0 Å². The maximum absolute atomic E-state index is 13.5. The third-order valence-corrected chi connectivity index (χ3v) is 2.83. The van der Waals surface area contributed by atoms with Crippen molar-refractivity contribution in [2.24, 2.45) is 0 Å². The molecule has 0 saturated heterocycles. The second kappa shape index (κ2) is 2.58. The molecule has 1 aromatic heterocycles. The Morgan fingerprint density at radius 1 is 1.27 bits per heavy atom. The summed E-state index contributed by atoms with van der Waals surface area (Å²) in [5, 5.41) is 10.1. The lowest BCUT2D eigenvalue weighted by molar-refractivity contribution is 0.147. The molecule has 15 heavy (non-hydrogen) atoms. The summed E-state index contributed by atoms with van der Waals surface area (Å²) in [5.41, 5.74) is -0.954. The monoisotopic (exact) mass is 210 g/mol. The fourth-order valence-electron chi connectivity index (χ4n) is 1.86. The van der Waals surface area contributed by atoms with Crippen molar-refractivity contribution in [1.82, 2.24) is 0 Å². The Bertz CT molecular complexity index is 541. The average molecular weight is 210 g/mol. The zero-order valence-corrected chi connectivity index (χ0v) is 7.76. The molecule has 1 N–H and O–H groups in total. The van der Waals surface area contributed by atoms with Crippen molar-refractivity contribution in [3.8, 4) is 0 Å². The van der Waals surface area contributed by atoms with E-state index in [-0.39, 0.29) is 16.5 Å². The van der Waals surface area contributed by atoms with Crippen molar-refractivity contribution in [3.05, 3.63) is 35.6 Å². The van der Waals surface area contributed by atoms with E-state index >= 15 is 0 Å². The van der Waals surface area contributed by atoms with E-state index in [9.17, 15) is 13.9 Å². The van der Waals surface area contributed by atoms with Crippen molar-refractivity contribution >= 4 is 11.0 Å². The zero-order chi connectivity index (χ0) is 10.6. The largest absolute Gasteiger partial charge is 0.464 e. The predicted molar refractivity (Wildman–Crippen MR) is 49.3 cm³/mol. The minimum Gasteiger partial charge on any atom is -0.464 e. The third-order valence-electron chi connectivity index (χ3n) is 2.83. The van der Waals surface area contributed by atoms with Crippen molar-refractivity contribution in [3.63, 3.8) is 0 Å². The van der Waals surface area contributed by atoms with Crippen molar-refractivity contribution < 1.29 is 18.3 Å². The normalized spacial score (nSPS) is 18.3. The van der Waals surface area contributed by atoms with Crippen LogP contribution in [-0.4, -0.2) is 5.11 Å². The van der Waals surface area contributed by atoms with E-state index in [1.165, 1.54) is 12.3 Å². The Kier molecular flexibility index (Phi) is 1.52. The quantitative estimate of drug-likeness (QED) is 0.785. The molecular formula is C11H8F2O2. The highest BCUT2D eigenvalue weighted by Crippen LogP contribution is 2.49. The molecule has 3 rings (SSSR count). The van der Waals surface area contributed by atoms with E-state index in [1.807, 2.05) is 0 Å². The third kappa shape index (κ3) is 1.11. The van der Waals surface area contributed by atoms with Gasteiger partial charge >= 0.3 is 0 Å². The molecule has 0 bridgehead atoms. The van der Waals surface area contributed by atoms with Crippen LogP contribution in [0.2, 0.25) is 0 Å². The molecule has 0 amide bonds. The molecule has 0 radical (unpaired) electrons. The van der Waals surface area contributed by atoms with E-state index in [4.69, 9.17) is 4.42 Å². The van der Waals surface area contributed by atoms with Gasteiger partial charge in [0.2, 0.25) is 0 Å². The number of rotatable bonds is 1. The Labute approximate surface area is 84.1 Å². The Morgan fingerprint density at radius 3 is 2.67 bits per heavy atom. The fraction of sp³-hybridized carbons (Fsp3) is 0.273. The van der Waals surface area contributed by atoms with Crippen LogP contribution in [0.4, 0.5) is 8.78 Å². The molecule has 4 heteroatoms. The Hall–Kier alpha value is -1.42. The number of hydrogen-bond acceptors (Lipinski definition) is 2. The molecular weight excluding hydrogens is 202 g/mol. The van der Waals surface area contributed by atoms with Gasteiger partial charge in [-0.05, 0) is 18.9 Å². The smallest absolute Gasteiger partial charge is 0.145 e. The van der Waals surface area contributed by atoms with Crippen LogP contribution < -0.4 is 0 Å². The SMILES string of the molecule is OC1(c2c(F)cc(F)c3ccoc23)CC1. The first-order chi connectivity index (χ1) is 7.12. The number of benzene rings is 1. The van der Waals surface area contributed by atoms with Gasteiger partial charge in [0.25, 0.3) is 0 Å². The summed E-state index contributed by atoms with van der Waals surface area (Å²) in [5.74, 6) is -1.40. The van der Waals surface area contributed by atoms with Gasteiger partial charge in [0, 0.05) is 6.07 Å². The van der Waals surface area contributed by atoms with Crippen molar-refractivity contribution in [2.75, 3.05) is 0 Å². The summed E-state index contributed by atoms with van der Waals surface area (Å²) in [6, 6.07) is 2.23. The maximum Gasteiger partial charge on any atom is 0.145 e. The molecule has 1 aromatic carbocycles. The number of hydrogen-bond donors (Lipinski definition) is 1. The molecule has 1 aliphatic rings. The van der Waals surface area contributed by atoms with Gasteiger partial charge in [-0.2, -0.15) is 0 Å². The van der Waals surface area contributed by atoms with Gasteiger partial charge in [-0.15, -0.1) is 0 Å². The molecule has 1 aliphatic carbocycles. The highest BCUT2D eigenvalue weighted by Gasteiger charge is 2.46. The van der Waals surface area contributed by atoms with Gasteiger partial charge in [-0.1, -0.05) is 0 Å². The van der Waals surface area contributed by atoms with E-state index in [2.05, 4.69) is 0 Å². The topological polar surface area (TPSA) is 33.4 Å². The second-order valence-electron chi connectivity index (χ2n) is 3.91. The summed E-state index contributed by atoms with van der Waals surface area (Å²) >= 11 is 0. The second-order valence-corrected chi connectivity index (χ2v) is 3.91. The van der Waals surface area contributed by atoms with Crippen LogP contribution in [0.25, 0.3) is 11.0 Å². The van der Waals surface area contributed by atoms with Gasteiger partial charge in [0.1, 0.15) is 17.2 Å². The van der Waals surface area contributed by atoms with Crippen LogP contribution in [0.5, 0.6) is 0 Å². The summed E-state index contributed by atoms with van der Waals surface area (Å²) < 4.78 is 31.9. The molecule has 78 valence electrons. The van der Waals surface area contributed by atoms with Crippen LogP contribution in [0, 0.1) is 11.6 Å². The van der Waals surface area contributed by atoms with Crippen molar-refractivity contribution in [2.45, 2.75) is 18.4 Å². The summed E-state index contributed by atoms with van der Waals surface area (Å²) in [6.45, 7) is 0. The molecule has 0 aliphatic heterocycles. The predicted octanol–water partition coefficient (Wildman–Crippen LogP) is 2.69. The maximum atomic E-state index is 13.5. The summed E-state index contributed by atoms with van der Waals surface area (Å²) in [7, 11) is 0. The van der Waals surface area contributed by atoms with Crippen molar-refractivity contribution in [1.29, 1.82) is 0 Å². The lowest BCUT2D eigenvalue weighted by Crippen LogP contribution is -2.08. The number of furan rings is 1. The molecule has 0 atom stereocenters. The summed E-state index contributed by atoms with van der Waals surface area (Å²) in [6.07, 6.45) is 2.28. The van der Waals surface area contributed by atoms with E-state index in [1.54, 1.807) is 0 Å². The van der Waals surface area contributed by atoms with Gasteiger partial charge in [0.05, 0.1) is 22.8 Å². The Morgan fingerprint density at radius 2 is 2.00 bits per heavy atom. The molecule has 1 fully saturated rings. The molecule has 2 nitrogen and oxygen atoms in total. The van der Waals surface area contributed by atoms with Gasteiger partial charge < -0.3 is 9.52 Å². The molecule has 0 spiro atoms. The zero-order valence-electron chi connectivity index (χ0n) is 7.76. The van der Waals surface area contributed by atoms with E-state index < -0.39 is 17.2 Å². The lowest BCUT2D eigenvalue weighted by Gasteiger charge is -2.10. The first-order valence-electron chi connectivity index (χ1n) is 4.70. The fourth-order valence-corrected chi connectivity index (χ4v) is 1.86. The highest BCUT2D eigenvalue weighted by molar-refractivity contribution is 5.82. The molecule has 0 unspecified atom stereocenters. The molecule has 2 aromatic rings. The summed E-state index contributed by atoms with van der Waals surface area (Å²) in [4.78, 5) is 0. The van der Waals surface area contributed by atoms with Crippen LogP contribution in [0.15, 0.2) is 22.8 Å². The minimum absolute atomic E-state index is 0.0869. The first kappa shape index (κ1) is 8.85. The number of halogens is 2.